The number of piperidine rings is 1. The number of ether oxygens (including phenoxy) is 1. The van der Waals surface area contributed by atoms with Gasteiger partial charge in [0.1, 0.15) is 5.75 Å². The van der Waals surface area contributed by atoms with E-state index in [0.29, 0.717) is 31.5 Å². The van der Waals surface area contributed by atoms with E-state index >= 15 is 0 Å². The van der Waals surface area contributed by atoms with Crippen molar-refractivity contribution >= 4 is 11.6 Å². The maximum absolute atomic E-state index is 12.2. The van der Waals surface area contributed by atoms with Gasteiger partial charge in [-0.3, -0.25) is 0 Å². The summed E-state index contributed by atoms with van der Waals surface area (Å²) in [6.45, 7) is 1.21. The molecule has 6 N–H and O–H groups in total. The number of hydrazine groups is 1. The highest BCUT2D eigenvalue weighted by atomic mass is 35.5. The number of hydrogen-bond acceptors (Lipinski definition) is 6. The lowest BCUT2D eigenvalue weighted by Gasteiger charge is -2.33. The van der Waals surface area contributed by atoms with Crippen LogP contribution in [-0.2, 0) is 5.60 Å². The third kappa shape index (κ3) is 7.39. The van der Waals surface area contributed by atoms with Crippen LogP contribution in [0, 0.1) is 0 Å². The predicted octanol–water partition coefficient (Wildman–Crippen LogP) is 2.03. The molecule has 25 heavy (non-hydrogen) atoms. The number of halogens is 4. The standard InChI is InChI=1S/C12H13ClF3NO2.C3H9N3/c13-9-2-1-8(7-10(9)19-12(14,15)16)11(18)3-5-17-6-4-11;1-6(5)3-2-4/h1-2,7,17-18H,3-6H2;2-3H,4-5H2,1H3/b;3-2-. The van der Waals surface area contributed by atoms with Gasteiger partial charge in [0.05, 0.1) is 10.6 Å². The Morgan fingerprint density at radius 2 is 1.96 bits per heavy atom. The van der Waals surface area contributed by atoms with Gasteiger partial charge in [0.2, 0.25) is 0 Å². The summed E-state index contributed by atoms with van der Waals surface area (Å²) in [6.07, 6.45) is -1.01. The fourth-order valence-electron chi connectivity index (χ4n) is 2.26. The van der Waals surface area contributed by atoms with Crippen molar-refractivity contribution in [2.24, 2.45) is 11.6 Å². The lowest BCUT2D eigenvalue weighted by molar-refractivity contribution is -0.274. The van der Waals surface area contributed by atoms with Crippen LogP contribution in [0.5, 0.6) is 5.75 Å². The zero-order valence-electron chi connectivity index (χ0n) is 13.7. The van der Waals surface area contributed by atoms with Crippen molar-refractivity contribution < 1.29 is 23.0 Å². The summed E-state index contributed by atoms with van der Waals surface area (Å²) in [5, 5.41) is 14.7. The Bertz CT molecular complexity index is 576. The molecule has 0 saturated carbocycles. The SMILES string of the molecule is CN(N)/C=C\N.OC1(c2ccc(Cl)c(OC(F)(F)F)c2)CCNCC1. The number of benzene rings is 1. The third-order valence-corrected chi connectivity index (χ3v) is 3.76. The number of alkyl halides is 3. The molecule has 0 bridgehead atoms. The molecule has 0 radical (unpaired) electrons. The van der Waals surface area contributed by atoms with E-state index < -0.39 is 17.7 Å². The van der Waals surface area contributed by atoms with Crippen molar-refractivity contribution in [1.82, 2.24) is 10.3 Å². The van der Waals surface area contributed by atoms with Gasteiger partial charge in [-0.1, -0.05) is 17.7 Å². The van der Waals surface area contributed by atoms with Crippen molar-refractivity contribution in [2.45, 2.75) is 24.8 Å². The molecular formula is C15H22ClF3N4O2. The Balaban J connectivity index is 0.000000450. The smallest absolute Gasteiger partial charge is 0.404 e. The summed E-state index contributed by atoms with van der Waals surface area (Å²) in [6, 6.07) is 3.98. The average molecular weight is 383 g/mol. The highest BCUT2D eigenvalue weighted by Crippen LogP contribution is 2.37. The molecule has 142 valence electrons. The van der Waals surface area contributed by atoms with E-state index in [-0.39, 0.29) is 5.02 Å². The molecule has 1 aromatic rings. The topological polar surface area (TPSA) is 96.8 Å². The molecule has 1 heterocycles. The molecule has 1 saturated heterocycles. The zero-order chi connectivity index (χ0) is 19.1. The van der Waals surface area contributed by atoms with Crippen LogP contribution >= 0.6 is 11.6 Å². The van der Waals surface area contributed by atoms with Crippen molar-refractivity contribution in [3.63, 3.8) is 0 Å². The molecule has 0 spiro atoms. The average Bonchev–Trinajstić information content (AvgIpc) is 2.49. The molecule has 6 nitrogen and oxygen atoms in total. The molecule has 0 amide bonds. The van der Waals surface area contributed by atoms with E-state index in [9.17, 15) is 18.3 Å². The van der Waals surface area contributed by atoms with Crippen LogP contribution in [0.4, 0.5) is 13.2 Å². The van der Waals surface area contributed by atoms with Gasteiger partial charge in [0.25, 0.3) is 0 Å². The van der Waals surface area contributed by atoms with Crippen molar-refractivity contribution in [3.05, 3.63) is 41.2 Å². The van der Waals surface area contributed by atoms with Crippen LogP contribution in [0.1, 0.15) is 18.4 Å². The van der Waals surface area contributed by atoms with Crippen molar-refractivity contribution in [2.75, 3.05) is 20.1 Å². The second-order valence-electron chi connectivity index (χ2n) is 5.48. The van der Waals surface area contributed by atoms with E-state index in [4.69, 9.17) is 23.2 Å². The van der Waals surface area contributed by atoms with Gasteiger partial charge in [0.15, 0.2) is 0 Å². The molecule has 0 aliphatic carbocycles. The number of rotatable bonds is 3. The Hall–Kier alpha value is -1.68. The first-order valence-electron chi connectivity index (χ1n) is 7.42. The van der Waals surface area contributed by atoms with Gasteiger partial charge in [-0.15, -0.1) is 13.2 Å². The fourth-order valence-corrected chi connectivity index (χ4v) is 2.42. The second kappa shape index (κ2) is 9.14. The first-order valence-corrected chi connectivity index (χ1v) is 7.80. The highest BCUT2D eigenvalue weighted by molar-refractivity contribution is 6.32. The Morgan fingerprint density at radius 1 is 1.36 bits per heavy atom. The summed E-state index contributed by atoms with van der Waals surface area (Å²) in [5.41, 5.74) is 4.17. The maximum atomic E-state index is 12.2. The van der Waals surface area contributed by atoms with Crippen LogP contribution < -0.4 is 21.6 Å². The van der Waals surface area contributed by atoms with Crippen LogP contribution in [0.2, 0.25) is 5.02 Å². The number of nitrogens with two attached hydrogens (primary N) is 2. The molecule has 2 rings (SSSR count). The van der Waals surface area contributed by atoms with Crippen LogP contribution in [0.3, 0.4) is 0 Å². The van der Waals surface area contributed by atoms with Gasteiger partial charge >= 0.3 is 6.36 Å². The minimum atomic E-state index is -4.81. The number of hydrogen-bond donors (Lipinski definition) is 4. The summed E-state index contributed by atoms with van der Waals surface area (Å²) < 4.78 is 40.6. The Labute approximate surface area is 149 Å². The van der Waals surface area contributed by atoms with E-state index in [2.05, 4.69) is 10.1 Å². The zero-order valence-corrected chi connectivity index (χ0v) is 14.4. The van der Waals surface area contributed by atoms with Gasteiger partial charge in [-0.25, -0.2) is 5.84 Å². The number of nitrogens with one attached hydrogen (secondary N) is 1. The van der Waals surface area contributed by atoms with Crippen LogP contribution in [0.15, 0.2) is 30.6 Å². The van der Waals surface area contributed by atoms with Crippen LogP contribution in [-0.4, -0.2) is 36.6 Å². The lowest BCUT2D eigenvalue weighted by Crippen LogP contribution is -2.39. The molecule has 1 aliphatic heterocycles. The Kier molecular flexibility index (Phi) is 7.81. The van der Waals surface area contributed by atoms with E-state index in [1.165, 1.54) is 23.3 Å². The minimum Gasteiger partial charge on any atom is -0.404 e. The molecule has 1 aromatic carbocycles. The molecular weight excluding hydrogens is 361 g/mol. The van der Waals surface area contributed by atoms with Gasteiger partial charge in [-0.2, -0.15) is 0 Å². The normalized spacial score (nSPS) is 16.9. The number of aliphatic hydroxyl groups is 1. The number of nitrogens with zero attached hydrogens (tertiary/aromatic N) is 1. The van der Waals surface area contributed by atoms with Gasteiger partial charge in [-0.05, 0) is 43.6 Å². The summed E-state index contributed by atoms with van der Waals surface area (Å²) >= 11 is 5.67. The molecule has 0 unspecified atom stereocenters. The largest absolute Gasteiger partial charge is 0.573 e. The maximum Gasteiger partial charge on any atom is 0.573 e. The van der Waals surface area contributed by atoms with E-state index in [0.717, 1.165) is 6.07 Å². The summed E-state index contributed by atoms with van der Waals surface area (Å²) in [4.78, 5) is 0. The quantitative estimate of drug-likeness (QED) is 0.472. The monoisotopic (exact) mass is 382 g/mol. The van der Waals surface area contributed by atoms with Gasteiger partial charge in [0, 0.05) is 19.4 Å². The minimum absolute atomic E-state index is 0.140. The summed E-state index contributed by atoms with van der Waals surface area (Å²) in [5.74, 6) is 4.58. The third-order valence-electron chi connectivity index (χ3n) is 3.45. The van der Waals surface area contributed by atoms with E-state index in [1.807, 2.05) is 0 Å². The summed E-state index contributed by atoms with van der Waals surface area (Å²) in [7, 11) is 1.70. The lowest BCUT2D eigenvalue weighted by atomic mass is 9.85. The van der Waals surface area contributed by atoms with Crippen molar-refractivity contribution in [1.29, 1.82) is 0 Å². The van der Waals surface area contributed by atoms with Crippen molar-refractivity contribution in [3.8, 4) is 5.75 Å². The predicted molar refractivity (Wildman–Crippen MR) is 89.4 cm³/mol. The molecule has 0 aromatic heterocycles. The second-order valence-corrected chi connectivity index (χ2v) is 5.89. The molecule has 0 atom stereocenters. The molecule has 1 aliphatic rings. The first kappa shape index (κ1) is 21.4. The molecule has 1 fully saturated rings. The highest BCUT2D eigenvalue weighted by Gasteiger charge is 2.35. The first-order chi connectivity index (χ1) is 11.6. The Morgan fingerprint density at radius 3 is 2.40 bits per heavy atom. The molecule has 10 heteroatoms. The fraction of sp³-hybridized carbons (Fsp3) is 0.467. The van der Waals surface area contributed by atoms with Gasteiger partial charge < -0.3 is 25.9 Å². The van der Waals surface area contributed by atoms with Crippen LogP contribution in [0.25, 0.3) is 0 Å². The van der Waals surface area contributed by atoms with E-state index in [1.54, 1.807) is 13.2 Å².